The summed E-state index contributed by atoms with van der Waals surface area (Å²) in [6.45, 7) is -2.39. The summed E-state index contributed by atoms with van der Waals surface area (Å²) in [6.07, 6.45) is 6.63. The van der Waals surface area contributed by atoms with Crippen LogP contribution in [0.1, 0.15) is 28.8 Å². The Hall–Kier alpha value is -3.40. The largest absolute Gasteiger partial charge is 0.434 e. The summed E-state index contributed by atoms with van der Waals surface area (Å²) in [4.78, 5) is 27.0. The number of hydrogen-bond acceptors (Lipinski definition) is 3. The van der Waals surface area contributed by atoms with Crippen LogP contribution >= 0.6 is 0 Å². The molecule has 1 unspecified atom stereocenters. The van der Waals surface area contributed by atoms with Crippen molar-refractivity contribution >= 4 is 17.5 Å². The van der Waals surface area contributed by atoms with Gasteiger partial charge in [0.1, 0.15) is 5.75 Å². The SMILES string of the molecule is C#Cc1cccc(NC(=O)C2CCCN(C(=O)c3ccccc3OC(F)F)C2)c1. The lowest BCUT2D eigenvalue weighted by Crippen LogP contribution is -2.43. The number of amides is 2. The Morgan fingerprint density at radius 2 is 2.00 bits per heavy atom. The van der Waals surface area contributed by atoms with E-state index in [1.807, 2.05) is 0 Å². The van der Waals surface area contributed by atoms with Crippen molar-refractivity contribution < 1.29 is 23.1 Å². The molecule has 0 aromatic heterocycles. The lowest BCUT2D eigenvalue weighted by Gasteiger charge is -2.32. The number of piperidine rings is 1. The second-order valence-corrected chi connectivity index (χ2v) is 6.68. The smallest absolute Gasteiger partial charge is 0.387 e. The van der Waals surface area contributed by atoms with Gasteiger partial charge in [-0.1, -0.05) is 24.1 Å². The summed E-state index contributed by atoms with van der Waals surface area (Å²) in [5.74, 6) is 1.27. The molecule has 1 atom stereocenters. The van der Waals surface area contributed by atoms with Crippen molar-refractivity contribution in [3.05, 3.63) is 59.7 Å². The standard InChI is InChI=1S/C22H20F2N2O3/c1-2-15-7-5-9-17(13-15)25-20(27)16-8-6-12-26(14-16)21(28)18-10-3-4-11-19(18)29-22(23)24/h1,3-5,7,9-11,13,16,22H,6,8,12,14H2,(H,25,27). The number of rotatable bonds is 5. The van der Waals surface area contributed by atoms with Crippen LogP contribution in [0.4, 0.5) is 14.5 Å². The highest BCUT2D eigenvalue weighted by atomic mass is 19.3. The molecule has 1 heterocycles. The van der Waals surface area contributed by atoms with E-state index < -0.39 is 18.4 Å². The van der Waals surface area contributed by atoms with Crippen LogP contribution in [0.3, 0.4) is 0 Å². The number of halogens is 2. The fourth-order valence-corrected chi connectivity index (χ4v) is 3.32. The van der Waals surface area contributed by atoms with Gasteiger partial charge in [0.05, 0.1) is 11.5 Å². The second kappa shape index (κ2) is 9.20. The number of ether oxygens (including phenoxy) is 1. The van der Waals surface area contributed by atoms with Gasteiger partial charge < -0.3 is 15.0 Å². The fourth-order valence-electron chi connectivity index (χ4n) is 3.32. The molecule has 1 fully saturated rings. The number of carbonyl (C=O) groups excluding carboxylic acids is 2. The molecule has 2 aromatic rings. The molecular formula is C22H20F2N2O3. The van der Waals surface area contributed by atoms with E-state index in [-0.39, 0.29) is 23.8 Å². The predicted molar refractivity (Wildman–Crippen MR) is 105 cm³/mol. The Morgan fingerprint density at radius 1 is 1.21 bits per heavy atom. The van der Waals surface area contributed by atoms with Crippen molar-refractivity contribution in [2.75, 3.05) is 18.4 Å². The van der Waals surface area contributed by atoms with Crippen LogP contribution in [-0.4, -0.2) is 36.4 Å². The van der Waals surface area contributed by atoms with E-state index in [0.29, 0.717) is 30.6 Å². The van der Waals surface area contributed by atoms with Gasteiger partial charge in [0.15, 0.2) is 0 Å². The Labute approximate surface area is 167 Å². The third-order valence-corrected chi connectivity index (χ3v) is 4.71. The zero-order valence-corrected chi connectivity index (χ0v) is 15.6. The molecule has 5 nitrogen and oxygen atoms in total. The molecule has 29 heavy (non-hydrogen) atoms. The maximum Gasteiger partial charge on any atom is 0.387 e. The molecule has 0 bridgehead atoms. The highest BCUT2D eigenvalue weighted by molar-refractivity contribution is 5.98. The van der Waals surface area contributed by atoms with Crippen LogP contribution in [-0.2, 0) is 4.79 Å². The van der Waals surface area contributed by atoms with E-state index >= 15 is 0 Å². The average molecular weight is 398 g/mol. The van der Waals surface area contributed by atoms with Crippen molar-refractivity contribution in [3.8, 4) is 18.1 Å². The van der Waals surface area contributed by atoms with Gasteiger partial charge in [0, 0.05) is 24.3 Å². The molecule has 2 amide bonds. The van der Waals surface area contributed by atoms with Crippen LogP contribution in [0.2, 0.25) is 0 Å². The number of hydrogen-bond donors (Lipinski definition) is 1. The van der Waals surface area contributed by atoms with Gasteiger partial charge in [-0.2, -0.15) is 8.78 Å². The first-order chi connectivity index (χ1) is 14.0. The number of benzene rings is 2. The molecule has 1 aliphatic rings. The van der Waals surface area contributed by atoms with E-state index in [1.54, 1.807) is 30.3 Å². The van der Waals surface area contributed by atoms with Gasteiger partial charge in [0.25, 0.3) is 5.91 Å². The Bertz CT molecular complexity index is 940. The van der Waals surface area contributed by atoms with E-state index in [4.69, 9.17) is 6.42 Å². The lowest BCUT2D eigenvalue weighted by atomic mass is 9.96. The van der Waals surface area contributed by atoms with Crippen LogP contribution in [0.5, 0.6) is 5.75 Å². The first kappa shape index (κ1) is 20.3. The molecular weight excluding hydrogens is 378 g/mol. The monoisotopic (exact) mass is 398 g/mol. The second-order valence-electron chi connectivity index (χ2n) is 6.68. The van der Waals surface area contributed by atoms with Gasteiger partial charge in [0.2, 0.25) is 5.91 Å². The Morgan fingerprint density at radius 3 is 2.76 bits per heavy atom. The molecule has 7 heteroatoms. The van der Waals surface area contributed by atoms with Gasteiger partial charge in [-0.05, 0) is 43.2 Å². The molecule has 0 aliphatic carbocycles. The van der Waals surface area contributed by atoms with Crippen LogP contribution in [0.15, 0.2) is 48.5 Å². The number of likely N-dealkylation sites (tertiary alicyclic amines) is 1. The molecule has 1 aliphatic heterocycles. The topological polar surface area (TPSA) is 58.6 Å². The molecule has 1 N–H and O–H groups in total. The van der Waals surface area contributed by atoms with E-state index in [9.17, 15) is 18.4 Å². The minimum atomic E-state index is -3.03. The summed E-state index contributed by atoms with van der Waals surface area (Å²) in [7, 11) is 0. The minimum absolute atomic E-state index is 0.0515. The zero-order valence-electron chi connectivity index (χ0n) is 15.6. The Balaban J connectivity index is 1.69. The summed E-state index contributed by atoms with van der Waals surface area (Å²) in [6, 6.07) is 12.8. The van der Waals surface area contributed by atoms with Gasteiger partial charge in [-0.15, -0.1) is 6.42 Å². The maximum absolute atomic E-state index is 12.9. The highest BCUT2D eigenvalue weighted by Crippen LogP contribution is 2.25. The van der Waals surface area contributed by atoms with E-state index in [0.717, 1.165) is 0 Å². The summed E-state index contributed by atoms with van der Waals surface area (Å²) < 4.78 is 29.7. The molecule has 3 rings (SSSR count). The molecule has 0 spiro atoms. The number of nitrogens with zero attached hydrogens (tertiary/aromatic N) is 1. The molecule has 0 saturated carbocycles. The molecule has 2 aromatic carbocycles. The predicted octanol–water partition coefficient (Wildman–Crippen LogP) is 3.76. The first-order valence-corrected chi connectivity index (χ1v) is 9.18. The third-order valence-electron chi connectivity index (χ3n) is 4.71. The highest BCUT2D eigenvalue weighted by Gasteiger charge is 2.30. The van der Waals surface area contributed by atoms with Crippen LogP contribution < -0.4 is 10.1 Å². The third kappa shape index (κ3) is 5.11. The maximum atomic E-state index is 12.9. The molecule has 0 radical (unpaired) electrons. The number of alkyl halides is 2. The van der Waals surface area contributed by atoms with Crippen molar-refractivity contribution in [2.45, 2.75) is 19.5 Å². The van der Waals surface area contributed by atoms with Crippen molar-refractivity contribution in [2.24, 2.45) is 5.92 Å². The lowest BCUT2D eigenvalue weighted by molar-refractivity contribution is -0.121. The molecule has 150 valence electrons. The fraction of sp³-hybridized carbons (Fsp3) is 0.273. The summed E-state index contributed by atoms with van der Waals surface area (Å²) >= 11 is 0. The van der Waals surface area contributed by atoms with Gasteiger partial charge in [-0.25, -0.2) is 0 Å². The van der Waals surface area contributed by atoms with E-state index in [1.165, 1.54) is 23.1 Å². The van der Waals surface area contributed by atoms with Gasteiger partial charge >= 0.3 is 6.61 Å². The first-order valence-electron chi connectivity index (χ1n) is 9.18. The number of carbonyl (C=O) groups is 2. The zero-order chi connectivity index (χ0) is 20.8. The van der Waals surface area contributed by atoms with Gasteiger partial charge in [-0.3, -0.25) is 9.59 Å². The number of nitrogens with one attached hydrogen (secondary N) is 1. The van der Waals surface area contributed by atoms with Crippen molar-refractivity contribution in [1.82, 2.24) is 4.90 Å². The van der Waals surface area contributed by atoms with Crippen LogP contribution in [0.25, 0.3) is 0 Å². The Kier molecular flexibility index (Phi) is 6.45. The van der Waals surface area contributed by atoms with E-state index in [2.05, 4.69) is 16.0 Å². The quantitative estimate of drug-likeness (QED) is 0.781. The number of terminal acetylenes is 1. The molecule has 1 saturated heterocycles. The number of anilines is 1. The van der Waals surface area contributed by atoms with Crippen molar-refractivity contribution in [1.29, 1.82) is 0 Å². The average Bonchev–Trinajstić information content (AvgIpc) is 2.73. The normalized spacial score (nSPS) is 16.2. The summed E-state index contributed by atoms with van der Waals surface area (Å²) in [5, 5.41) is 2.83. The van der Waals surface area contributed by atoms with Crippen LogP contribution in [0, 0.1) is 18.3 Å². The minimum Gasteiger partial charge on any atom is -0.434 e. The number of para-hydroxylation sites is 1. The van der Waals surface area contributed by atoms with Crippen molar-refractivity contribution in [3.63, 3.8) is 0 Å². The summed E-state index contributed by atoms with van der Waals surface area (Å²) in [5.41, 5.74) is 1.29.